The van der Waals surface area contributed by atoms with Crippen molar-refractivity contribution in [1.29, 1.82) is 0 Å². The molecule has 152 valence electrons. The molecule has 3 aromatic carbocycles. The lowest BCUT2D eigenvalue weighted by Gasteiger charge is -2.08. The Balaban J connectivity index is 1.48. The highest BCUT2D eigenvalue weighted by Crippen LogP contribution is 2.15. The number of aromatic carboxylic acids is 1. The molecule has 30 heavy (non-hydrogen) atoms. The summed E-state index contributed by atoms with van der Waals surface area (Å²) in [6.07, 6.45) is 0. The van der Waals surface area contributed by atoms with Gasteiger partial charge in [0.05, 0.1) is 11.3 Å². The molecule has 0 fully saturated rings. The summed E-state index contributed by atoms with van der Waals surface area (Å²) in [5.41, 5.74) is 2.85. The molecule has 3 N–H and O–H groups in total. The van der Waals surface area contributed by atoms with Crippen molar-refractivity contribution < 1.29 is 19.5 Å². The molecule has 3 rings (SSSR count). The molecule has 0 aromatic heterocycles. The molecule has 0 heterocycles. The maximum atomic E-state index is 12.3. The van der Waals surface area contributed by atoms with Gasteiger partial charge < -0.3 is 15.7 Å². The van der Waals surface area contributed by atoms with E-state index in [1.807, 2.05) is 30.3 Å². The predicted molar refractivity (Wildman–Crippen MR) is 119 cm³/mol. The van der Waals surface area contributed by atoms with E-state index in [1.165, 1.54) is 41.6 Å². The van der Waals surface area contributed by atoms with E-state index >= 15 is 0 Å². The topological polar surface area (TPSA) is 95.5 Å². The molecule has 0 atom stereocenters. The number of carboxylic acid groups (broad SMARTS) is 1. The van der Waals surface area contributed by atoms with Gasteiger partial charge in [0.15, 0.2) is 0 Å². The first-order chi connectivity index (χ1) is 14.5. The lowest BCUT2D eigenvalue weighted by molar-refractivity contribution is -0.113. The molecule has 0 aliphatic carbocycles. The summed E-state index contributed by atoms with van der Waals surface area (Å²) in [7, 11) is 0. The number of carboxylic acids is 1. The molecular weight excluding hydrogens is 400 g/mol. The van der Waals surface area contributed by atoms with Crippen LogP contribution in [0.5, 0.6) is 0 Å². The summed E-state index contributed by atoms with van der Waals surface area (Å²) >= 11 is 1.53. The zero-order chi connectivity index (χ0) is 21.3. The molecule has 2 amide bonds. The Bertz CT molecular complexity index is 1020. The first kappa shape index (κ1) is 21.1. The molecule has 0 radical (unpaired) electrons. The summed E-state index contributed by atoms with van der Waals surface area (Å²) in [4.78, 5) is 35.3. The lowest BCUT2D eigenvalue weighted by Crippen LogP contribution is -2.15. The van der Waals surface area contributed by atoms with Gasteiger partial charge in [-0.15, -0.1) is 11.8 Å². The smallest absolute Gasteiger partial charge is 0.335 e. The van der Waals surface area contributed by atoms with Crippen molar-refractivity contribution in [3.8, 4) is 0 Å². The van der Waals surface area contributed by atoms with Crippen LogP contribution in [-0.2, 0) is 10.5 Å². The van der Waals surface area contributed by atoms with Crippen molar-refractivity contribution >= 4 is 40.9 Å². The minimum absolute atomic E-state index is 0.105. The number of hydrogen-bond donors (Lipinski definition) is 3. The van der Waals surface area contributed by atoms with Crippen LogP contribution in [-0.4, -0.2) is 28.6 Å². The van der Waals surface area contributed by atoms with E-state index < -0.39 is 5.97 Å². The first-order valence-corrected chi connectivity index (χ1v) is 10.3. The zero-order valence-electron chi connectivity index (χ0n) is 16.0. The number of carbonyl (C=O) groups is 3. The SMILES string of the molecule is O=C(CSCc1ccccc1)Nc1ccc(C(=O)Nc2ccc(C(=O)O)cc2)cc1. The van der Waals surface area contributed by atoms with E-state index in [9.17, 15) is 14.4 Å². The van der Waals surface area contributed by atoms with Gasteiger partial charge in [-0.1, -0.05) is 30.3 Å². The minimum Gasteiger partial charge on any atom is -0.478 e. The van der Waals surface area contributed by atoms with Crippen LogP contribution < -0.4 is 10.6 Å². The van der Waals surface area contributed by atoms with E-state index in [0.29, 0.717) is 22.7 Å². The maximum absolute atomic E-state index is 12.3. The van der Waals surface area contributed by atoms with Crippen LogP contribution in [0.1, 0.15) is 26.3 Å². The molecule has 0 bridgehead atoms. The van der Waals surface area contributed by atoms with Gasteiger partial charge in [-0.25, -0.2) is 4.79 Å². The highest BCUT2D eigenvalue weighted by atomic mass is 32.2. The Labute approximate surface area is 178 Å². The monoisotopic (exact) mass is 420 g/mol. The lowest BCUT2D eigenvalue weighted by atomic mass is 10.1. The van der Waals surface area contributed by atoms with Gasteiger partial charge in [0.2, 0.25) is 5.91 Å². The van der Waals surface area contributed by atoms with E-state index in [-0.39, 0.29) is 17.4 Å². The molecule has 0 aliphatic rings. The Morgan fingerprint density at radius 3 is 1.90 bits per heavy atom. The number of benzene rings is 3. The fourth-order valence-electron chi connectivity index (χ4n) is 2.64. The number of thioether (sulfide) groups is 1. The Morgan fingerprint density at radius 1 is 0.733 bits per heavy atom. The van der Waals surface area contributed by atoms with Crippen LogP contribution in [0.25, 0.3) is 0 Å². The summed E-state index contributed by atoms with van der Waals surface area (Å²) < 4.78 is 0. The molecule has 0 saturated carbocycles. The zero-order valence-corrected chi connectivity index (χ0v) is 16.8. The van der Waals surface area contributed by atoms with Gasteiger partial charge in [-0.2, -0.15) is 0 Å². The number of amides is 2. The Hall–Kier alpha value is -3.58. The van der Waals surface area contributed by atoms with Gasteiger partial charge in [-0.05, 0) is 54.1 Å². The van der Waals surface area contributed by atoms with Crippen molar-refractivity contribution in [2.75, 3.05) is 16.4 Å². The third kappa shape index (κ3) is 6.22. The minimum atomic E-state index is -1.02. The van der Waals surface area contributed by atoms with Crippen molar-refractivity contribution in [2.45, 2.75) is 5.75 Å². The fourth-order valence-corrected chi connectivity index (χ4v) is 3.43. The van der Waals surface area contributed by atoms with E-state index in [4.69, 9.17) is 5.11 Å². The summed E-state index contributed by atoms with van der Waals surface area (Å²) in [6.45, 7) is 0. The molecule has 0 unspecified atom stereocenters. The van der Waals surface area contributed by atoms with Crippen LogP contribution in [0.3, 0.4) is 0 Å². The molecular formula is C23H20N2O4S. The largest absolute Gasteiger partial charge is 0.478 e. The second kappa shape index (κ2) is 10.3. The van der Waals surface area contributed by atoms with E-state index in [0.717, 1.165) is 5.75 Å². The number of hydrogen-bond acceptors (Lipinski definition) is 4. The number of anilines is 2. The molecule has 0 aliphatic heterocycles. The Kier molecular flexibility index (Phi) is 7.24. The van der Waals surface area contributed by atoms with Crippen molar-refractivity contribution in [2.24, 2.45) is 0 Å². The summed E-state index contributed by atoms with van der Waals surface area (Å²) in [5, 5.41) is 14.4. The average molecular weight is 420 g/mol. The van der Waals surface area contributed by atoms with Gasteiger partial charge in [0.1, 0.15) is 0 Å². The van der Waals surface area contributed by atoms with Crippen molar-refractivity contribution in [3.63, 3.8) is 0 Å². The quantitative estimate of drug-likeness (QED) is 0.498. The van der Waals surface area contributed by atoms with Gasteiger partial charge >= 0.3 is 5.97 Å². The van der Waals surface area contributed by atoms with Crippen LogP contribution in [0.15, 0.2) is 78.9 Å². The number of nitrogens with one attached hydrogen (secondary N) is 2. The van der Waals surface area contributed by atoms with Gasteiger partial charge in [0, 0.05) is 22.7 Å². The molecule has 6 nitrogen and oxygen atoms in total. The van der Waals surface area contributed by atoms with E-state index in [1.54, 1.807) is 24.3 Å². The standard InChI is InChI=1S/C23H20N2O4S/c26-21(15-30-14-16-4-2-1-3-5-16)24-19-10-6-17(7-11-19)22(27)25-20-12-8-18(9-13-20)23(28)29/h1-13H,14-15H2,(H,24,26)(H,25,27)(H,28,29). The van der Waals surface area contributed by atoms with Crippen LogP contribution in [0.2, 0.25) is 0 Å². The first-order valence-electron chi connectivity index (χ1n) is 9.17. The van der Waals surface area contributed by atoms with Crippen LogP contribution >= 0.6 is 11.8 Å². The van der Waals surface area contributed by atoms with Crippen molar-refractivity contribution in [1.82, 2.24) is 0 Å². The number of carbonyl (C=O) groups excluding carboxylic acids is 2. The highest BCUT2D eigenvalue weighted by Gasteiger charge is 2.09. The Morgan fingerprint density at radius 2 is 1.30 bits per heavy atom. The third-order valence-corrected chi connectivity index (χ3v) is 5.17. The normalized spacial score (nSPS) is 10.3. The van der Waals surface area contributed by atoms with Crippen LogP contribution in [0, 0.1) is 0 Å². The number of rotatable bonds is 8. The van der Waals surface area contributed by atoms with Crippen molar-refractivity contribution in [3.05, 3.63) is 95.6 Å². The molecule has 7 heteroatoms. The van der Waals surface area contributed by atoms with E-state index in [2.05, 4.69) is 10.6 Å². The van der Waals surface area contributed by atoms with Crippen LogP contribution in [0.4, 0.5) is 11.4 Å². The highest BCUT2D eigenvalue weighted by molar-refractivity contribution is 7.99. The predicted octanol–water partition coefficient (Wildman–Crippen LogP) is 4.51. The molecule has 0 spiro atoms. The average Bonchev–Trinajstić information content (AvgIpc) is 2.75. The fraction of sp³-hybridized carbons (Fsp3) is 0.0870. The van der Waals surface area contributed by atoms with Gasteiger partial charge in [-0.3, -0.25) is 9.59 Å². The van der Waals surface area contributed by atoms with Gasteiger partial charge in [0.25, 0.3) is 5.91 Å². The second-order valence-corrected chi connectivity index (χ2v) is 7.43. The second-order valence-electron chi connectivity index (χ2n) is 6.44. The third-order valence-electron chi connectivity index (χ3n) is 4.17. The molecule has 3 aromatic rings. The molecule has 0 saturated heterocycles. The summed E-state index contributed by atoms with van der Waals surface area (Å²) in [6, 6.07) is 22.4. The maximum Gasteiger partial charge on any atom is 0.335 e. The summed E-state index contributed by atoms with van der Waals surface area (Å²) in [5.74, 6) is -0.352.